The molecule has 6 nitrogen and oxygen atoms in total. The number of nitrogens with two attached hydrogens (primary N) is 1. The minimum Gasteiger partial charge on any atom is -0.319 e. The third-order valence-corrected chi connectivity index (χ3v) is 2.65. The van der Waals surface area contributed by atoms with E-state index < -0.39 is 5.91 Å². The molecule has 2 aromatic heterocycles. The van der Waals surface area contributed by atoms with Gasteiger partial charge in [0.05, 0.1) is 16.9 Å². The van der Waals surface area contributed by atoms with Crippen molar-refractivity contribution >= 4 is 29.0 Å². The van der Waals surface area contributed by atoms with Gasteiger partial charge in [0.1, 0.15) is 11.5 Å². The summed E-state index contributed by atoms with van der Waals surface area (Å²) >= 11 is 5.94. The van der Waals surface area contributed by atoms with Crippen LogP contribution in [0, 0.1) is 6.92 Å². The number of aryl methyl sites for hydroxylation is 1. The Balaban J connectivity index is 2.25. The molecule has 0 atom stereocenters. The summed E-state index contributed by atoms with van der Waals surface area (Å²) in [6.45, 7) is 1.88. The van der Waals surface area contributed by atoms with Crippen LogP contribution in [0.25, 0.3) is 0 Å². The summed E-state index contributed by atoms with van der Waals surface area (Å²) in [6.07, 6.45) is 3.24. The molecular formula is C12H12ClN5O. The topological polar surface area (TPSA) is 92.9 Å². The lowest BCUT2D eigenvalue weighted by Crippen LogP contribution is -2.17. The van der Waals surface area contributed by atoms with Gasteiger partial charge in [-0.15, -0.1) is 0 Å². The number of carbonyl (C=O) groups excluding carboxylic acids is 1. The van der Waals surface area contributed by atoms with E-state index in [9.17, 15) is 4.79 Å². The average Bonchev–Trinajstić information content (AvgIpc) is 2.39. The summed E-state index contributed by atoms with van der Waals surface area (Å²) in [5.74, 6) is 5.18. The van der Waals surface area contributed by atoms with Crippen molar-refractivity contribution in [2.75, 3.05) is 10.7 Å². The summed E-state index contributed by atoms with van der Waals surface area (Å²) in [6, 6.07) is 4.92. The molecule has 19 heavy (non-hydrogen) atoms. The number of nitrogen functional groups attached to an aromatic ring is 1. The van der Waals surface area contributed by atoms with E-state index >= 15 is 0 Å². The van der Waals surface area contributed by atoms with Crippen LogP contribution < -0.4 is 16.6 Å². The zero-order valence-electron chi connectivity index (χ0n) is 10.1. The van der Waals surface area contributed by atoms with Crippen LogP contribution in [0.15, 0.2) is 30.6 Å². The molecule has 2 aromatic rings. The Morgan fingerprint density at radius 3 is 2.84 bits per heavy atom. The number of carbonyl (C=O) groups is 1. The minimum absolute atomic E-state index is 0.0959. The van der Waals surface area contributed by atoms with Gasteiger partial charge in [0.15, 0.2) is 0 Å². The van der Waals surface area contributed by atoms with E-state index in [4.69, 9.17) is 17.4 Å². The third-order valence-electron chi connectivity index (χ3n) is 2.34. The van der Waals surface area contributed by atoms with Crippen molar-refractivity contribution in [1.82, 2.24) is 9.97 Å². The molecule has 0 fully saturated rings. The van der Waals surface area contributed by atoms with E-state index in [-0.39, 0.29) is 10.7 Å². The molecule has 2 heterocycles. The van der Waals surface area contributed by atoms with Gasteiger partial charge in [-0.25, -0.2) is 10.8 Å². The predicted molar refractivity (Wildman–Crippen MR) is 74.0 cm³/mol. The third kappa shape index (κ3) is 3.18. The van der Waals surface area contributed by atoms with Crippen molar-refractivity contribution in [2.45, 2.75) is 6.92 Å². The van der Waals surface area contributed by atoms with Crippen molar-refractivity contribution in [3.05, 3.63) is 46.9 Å². The first-order valence-corrected chi connectivity index (χ1v) is 5.84. The van der Waals surface area contributed by atoms with Crippen LogP contribution in [-0.2, 0) is 0 Å². The molecule has 0 aliphatic heterocycles. The molecule has 0 saturated carbocycles. The fourth-order valence-electron chi connectivity index (χ4n) is 1.50. The first-order chi connectivity index (χ1) is 9.10. The lowest BCUT2D eigenvalue weighted by Gasteiger charge is -2.07. The maximum atomic E-state index is 12.1. The highest BCUT2D eigenvalue weighted by atomic mass is 35.5. The zero-order chi connectivity index (χ0) is 13.8. The van der Waals surface area contributed by atoms with Crippen LogP contribution >= 0.6 is 11.6 Å². The summed E-state index contributed by atoms with van der Waals surface area (Å²) in [5, 5.41) is 2.92. The number of anilines is 2. The van der Waals surface area contributed by atoms with Crippen LogP contribution in [0.1, 0.15) is 16.1 Å². The number of nitrogens with zero attached hydrogens (tertiary/aromatic N) is 2. The molecular weight excluding hydrogens is 266 g/mol. The van der Waals surface area contributed by atoms with Crippen LogP contribution in [-0.4, -0.2) is 15.9 Å². The highest BCUT2D eigenvalue weighted by molar-refractivity contribution is 6.34. The number of halogens is 1. The lowest BCUT2D eigenvalue weighted by atomic mass is 10.3. The van der Waals surface area contributed by atoms with Crippen molar-refractivity contribution in [1.29, 1.82) is 0 Å². The number of nitrogens with one attached hydrogen (secondary N) is 2. The van der Waals surface area contributed by atoms with Crippen LogP contribution in [0.3, 0.4) is 0 Å². The minimum atomic E-state index is -0.422. The van der Waals surface area contributed by atoms with Gasteiger partial charge < -0.3 is 10.7 Å². The second-order valence-corrected chi connectivity index (χ2v) is 4.28. The number of hydrogen-bond acceptors (Lipinski definition) is 5. The molecule has 0 bridgehead atoms. The lowest BCUT2D eigenvalue weighted by molar-refractivity contribution is 0.102. The van der Waals surface area contributed by atoms with Gasteiger partial charge in [-0.05, 0) is 30.7 Å². The molecule has 0 spiro atoms. The van der Waals surface area contributed by atoms with Gasteiger partial charge in [0.2, 0.25) is 0 Å². The zero-order valence-corrected chi connectivity index (χ0v) is 10.9. The molecule has 98 valence electrons. The maximum Gasteiger partial charge on any atom is 0.275 e. The van der Waals surface area contributed by atoms with Crippen molar-refractivity contribution in [2.24, 2.45) is 5.84 Å². The van der Waals surface area contributed by atoms with E-state index in [1.54, 1.807) is 30.6 Å². The number of rotatable bonds is 3. The van der Waals surface area contributed by atoms with Crippen molar-refractivity contribution in [3.8, 4) is 0 Å². The number of hydrazine groups is 1. The highest BCUT2D eigenvalue weighted by Gasteiger charge is 2.13. The van der Waals surface area contributed by atoms with Crippen LogP contribution in [0.5, 0.6) is 0 Å². The fraction of sp³-hybridized carbons (Fsp3) is 0.0833. The number of amides is 1. The van der Waals surface area contributed by atoms with E-state index in [1.165, 1.54) is 0 Å². The van der Waals surface area contributed by atoms with Crippen molar-refractivity contribution in [3.63, 3.8) is 0 Å². The Hall–Kier alpha value is -2.18. The first-order valence-electron chi connectivity index (χ1n) is 5.46. The Morgan fingerprint density at radius 2 is 2.16 bits per heavy atom. The molecule has 7 heteroatoms. The quantitative estimate of drug-likeness (QED) is 0.589. The van der Waals surface area contributed by atoms with Gasteiger partial charge >= 0.3 is 0 Å². The number of hydrogen-bond donors (Lipinski definition) is 3. The number of aromatic nitrogens is 2. The molecule has 0 radical (unpaired) electrons. The molecule has 0 saturated heterocycles. The number of pyridine rings is 2. The smallest absolute Gasteiger partial charge is 0.275 e. The molecule has 0 unspecified atom stereocenters. The molecule has 0 aromatic carbocycles. The molecule has 4 N–H and O–H groups in total. The van der Waals surface area contributed by atoms with Crippen LogP contribution in [0.4, 0.5) is 11.5 Å². The molecule has 0 aliphatic rings. The molecule has 0 aliphatic carbocycles. The van der Waals surface area contributed by atoms with Gasteiger partial charge in [-0.1, -0.05) is 11.6 Å². The van der Waals surface area contributed by atoms with Gasteiger partial charge in [0, 0.05) is 6.20 Å². The van der Waals surface area contributed by atoms with E-state index in [0.29, 0.717) is 11.5 Å². The average molecular weight is 278 g/mol. The summed E-state index contributed by atoms with van der Waals surface area (Å²) < 4.78 is 0. The standard InChI is InChI=1S/C12H12ClN5O/c1-7-4-8(6-15-5-7)16-12(19)11-9(13)2-3-10(17-11)18-14/h2-6H,14H2,1H3,(H,16,19)(H,17,18). The fourth-order valence-corrected chi connectivity index (χ4v) is 1.69. The van der Waals surface area contributed by atoms with E-state index in [0.717, 1.165) is 5.56 Å². The first kappa shape index (κ1) is 13.3. The second kappa shape index (κ2) is 5.64. The van der Waals surface area contributed by atoms with Gasteiger partial charge in [0.25, 0.3) is 5.91 Å². The normalized spacial score (nSPS) is 10.1. The molecule has 1 amide bonds. The Bertz CT molecular complexity index is 617. The monoisotopic (exact) mass is 277 g/mol. The SMILES string of the molecule is Cc1cncc(NC(=O)c2nc(NN)ccc2Cl)c1. The van der Waals surface area contributed by atoms with E-state index in [2.05, 4.69) is 20.7 Å². The largest absolute Gasteiger partial charge is 0.319 e. The Kier molecular flexibility index (Phi) is 3.94. The highest BCUT2D eigenvalue weighted by Crippen LogP contribution is 2.18. The summed E-state index contributed by atoms with van der Waals surface area (Å²) in [5.41, 5.74) is 3.97. The summed E-state index contributed by atoms with van der Waals surface area (Å²) in [7, 11) is 0. The van der Waals surface area contributed by atoms with E-state index in [1.807, 2.05) is 6.92 Å². The second-order valence-electron chi connectivity index (χ2n) is 3.88. The van der Waals surface area contributed by atoms with Gasteiger partial charge in [-0.3, -0.25) is 9.78 Å². The maximum absolute atomic E-state index is 12.1. The predicted octanol–water partition coefficient (Wildman–Crippen LogP) is 1.98. The Labute approximate surface area is 115 Å². The Morgan fingerprint density at radius 1 is 1.37 bits per heavy atom. The van der Waals surface area contributed by atoms with Gasteiger partial charge in [-0.2, -0.15) is 0 Å². The van der Waals surface area contributed by atoms with Crippen LogP contribution in [0.2, 0.25) is 5.02 Å². The summed E-state index contributed by atoms with van der Waals surface area (Å²) in [4.78, 5) is 20.1. The molecule has 2 rings (SSSR count). The van der Waals surface area contributed by atoms with Crippen molar-refractivity contribution < 1.29 is 4.79 Å².